The van der Waals surface area contributed by atoms with Gasteiger partial charge in [-0.15, -0.1) is 0 Å². The number of ether oxygens (including phenoxy) is 1. The molecular formula is C23H22N4O2S. The van der Waals surface area contributed by atoms with Gasteiger partial charge in [0.2, 0.25) is 0 Å². The maximum Gasteiger partial charge on any atom is 0.337 e. The van der Waals surface area contributed by atoms with Gasteiger partial charge in [0.05, 0.1) is 30.1 Å². The normalized spacial score (nSPS) is 16.1. The highest BCUT2D eigenvalue weighted by Crippen LogP contribution is 2.35. The number of hydrogen-bond donors (Lipinski definition) is 2. The Morgan fingerprint density at radius 1 is 1.10 bits per heavy atom. The molecule has 3 aromatic rings. The van der Waals surface area contributed by atoms with Crippen LogP contribution in [0.25, 0.3) is 16.9 Å². The predicted octanol–water partition coefficient (Wildman–Crippen LogP) is 3.81. The number of rotatable bonds is 4. The molecule has 2 aromatic carbocycles. The predicted molar refractivity (Wildman–Crippen MR) is 120 cm³/mol. The molecule has 1 unspecified atom stereocenters. The Hall–Kier alpha value is -3.45. The van der Waals surface area contributed by atoms with E-state index >= 15 is 0 Å². The summed E-state index contributed by atoms with van der Waals surface area (Å²) in [5.41, 5.74) is 5.80. The molecule has 0 saturated heterocycles. The van der Waals surface area contributed by atoms with E-state index in [1.807, 2.05) is 79.3 Å². The van der Waals surface area contributed by atoms with Gasteiger partial charge in [0.1, 0.15) is 0 Å². The highest BCUT2D eigenvalue weighted by molar-refractivity contribution is 7.80. The molecule has 0 amide bonds. The van der Waals surface area contributed by atoms with Gasteiger partial charge in [0.15, 0.2) is 5.11 Å². The molecule has 4 rings (SSSR count). The van der Waals surface area contributed by atoms with Gasteiger partial charge in [0, 0.05) is 23.0 Å². The smallest absolute Gasteiger partial charge is 0.337 e. The van der Waals surface area contributed by atoms with Crippen LogP contribution in [0.4, 0.5) is 0 Å². The van der Waals surface area contributed by atoms with Crippen LogP contribution in [0.5, 0.6) is 0 Å². The van der Waals surface area contributed by atoms with E-state index in [-0.39, 0.29) is 0 Å². The summed E-state index contributed by atoms with van der Waals surface area (Å²) in [6, 6.07) is 17.5. The summed E-state index contributed by atoms with van der Waals surface area (Å²) in [6.45, 7) is 3.86. The van der Waals surface area contributed by atoms with Crippen LogP contribution < -0.4 is 10.6 Å². The number of aryl methyl sites for hydroxylation is 1. The van der Waals surface area contributed by atoms with Crippen molar-refractivity contribution in [3.63, 3.8) is 0 Å². The third kappa shape index (κ3) is 3.71. The van der Waals surface area contributed by atoms with Crippen molar-refractivity contribution < 1.29 is 9.53 Å². The van der Waals surface area contributed by atoms with Crippen LogP contribution in [-0.4, -0.2) is 28.0 Å². The number of benzene rings is 2. The van der Waals surface area contributed by atoms with Crippen molar-refractivity contribution in [3.8, 4) is 16.9 Å². The van der Waals surface area contributed by atoms with Crippen molar-refractivity contribution in [1.29, 1.82) is 0 Å². The second-order valence-electron chi connectivity index (χ2n) is 7.14. The SMILES string of the molecule is COC(=O)C1=C(C)NC(=S)NC1c1cn(-c2ccccc2)nc1-c1ccc(C)cc1. The monoisotopic (exact) mass is 418 g/mol. The zero-order chi connectivity index (χ0) is 21.3. The number of carbonyl (C=O) groups is 1. The minimum atomic E-state index is -0.486. The van der Waals surface area contributed by atoms with Crippen molar-refractivity contribution in [2.45, 2.75) is 19.9 Å². The van der Waals surface area contributed by atoms with Crippen molar-refractivity contribution in [2.75, 3.05) is 7.11 Å². The lowest BCUT2D eigenvalue weighted by molar-refractivity contribution is -0.136. The van der Waals surface area contributed by atoms with Crippen LogP contribution in [-0.2, 0) is 9.53 Å². The average Bonchev–Trinajstić information content (AvgIpc) is 3.19. The molecule has 0 spiro atoms. The van der Waals surface area contributed by atoms with Crippen molar-refractivity contribution in [1.82, 2.24) is 20.4 Å². The molecule has 7 heteroatoms. The first-order valence-electron chi connectivity index (χ1n) is 9.56. The second kappa shape index (κ2) is 8.12. The lowest BCUT2D eigenvalue weighted by atomic mass is 9.93. The number of allylic oxidation sites excluding steroid dienone is 1. The van der Waals surface area contributed by atoms with Crippen LogP contribution in [0, 0.1) is 6.92 Å². The van der Waals surface area contributed by atoms with E-state index in [1.165, 1.54) is 7.11 Å². The number of hydrogen-bond acceptors (Lipinski definition) is 4. The summed E-state index contributed by atoms with van der Waals surface area (Å²) in [5, 5.41) is 11.6. The molecule has 0 fully saturated rings. The van der Waals surface area contributed by atoms with Gasteiger partial charge in [-0.2, -0.15) is 5.10 Å². The molecule has 1 atom stereocenters. The topological polar surface area (TPSA) is 68.2 Å². The van der Waals surface area contributed by atoms with E-state index in [4.69, 9.17) is 22.1 Å². The number of para-hydroxylation sites is 1. The molecule has 1 aliphatic rings. The van der Waals surface area contributed by atoms with Crippen molar-refractivity contribution >= 4 is 23.3 Å². The Labute approximate surface area is 180 Å². The fraction of sp³-hybridized carbons (Fsp3) is 0.174. The van der Waals surface area contributed by atoms with Gasteiger partial charge in [-0.25, -0.2) is 9.48 Å². The Bertz CT molecular complexity index is 1130. The van der Waals surface area contributed by atoms with E-state index in [2.05, 4.69) is 10.6 Å². The number of esters is 1. The van der Waals surface area contributed by atoms with Gasteiger partial charge in [-0.1, -0.05) is 48.0 Å². The first kappa shape index (κ1) is 19.8. The van der Waals surface area contributed by atoms with Crippen LogP contribution in [0.2, 0.25) is 0 Å². The number of nitrogens with zero attached hydrogens (tertiary/aromatic N) is 2. The highest BCUT2D eigenvalue weighted by Gasteiger charge is 2.33. The number of aromatic nitrogens is 2. The van der Waals surface area contributed by atoms with E-state index in [9.17, 15) is 4.79 Å². The summed E-state index contributed by atoms with van der Waals surface area (Å²) < 4.78 is 6.87. The number of thiocarbonyl (C=S) groups is 1. The molecule has 6 nitrogen and oxygen atoms in total. The van der Waals surface area contributed by atoms with Gasteiger partial charge >= 0.3 is 5.97 Å². The van der Waals surface area contributed by atoms with E-state index < -0.39 is 12.0 Å². The molecule has 152 valence electrons. The van der Waals surface area contributed by atoms with E-state index in [1.54, 1.807) is 0 Å². The largest absolute Gasteiger partial charge is 0.466 e. The number of carbonyl (C=O) groups excluding carboxylic acids is 1. The Kier molecular flexibility index (Phi) is 5.37. The lowest BCUT2D eigenvalue weighted by Crippen LogP contribution is -2.45. The number of methoxy groups -OCH3 is 1. The highest BCUT2D eigenvalue weighted by atomic mass is 32.1. The summed E-state index contributed by atoms with van der Waals surface area (Å²) in [7, 11) is 1.38. The van der Waals surface area contributed by atoms with E-state index in [0.29, 0.717) is 16.4 Å². The molecule has 0 saturated carbocycles. The first-order chi connectivity index (χ1) is 14.5. The molecule has 30 heavy (non-hydrogen) atoms. The van der Waals surface area contributed by atoms with Crippen LogP contribution in [0.15, 0.2) is 72.1 Å². The minimum absolute atomic E-state index is 0.415. The van der Waals surface area contributed by atoms with Crippen molar-refractivity contribution in [3.05, 3.63) is 83.2 Å². The zero-order valence-corrected chi connectivity index (χ0v) is 17.8. The molecule has 2 heterocycles. The molecule has 0 radical (unpaired) electrons. The summed E-state index contributed by atoms with van der Waals surface area (Å²) in [4.78, 5) is 12.6. The molecule has 0 bridgehead atoms. The quantitative estimate of drug-likeness (QED) is 0.496. The third-order valence-corrected chi connectivity index (χ3v) is 5.29. The Morgan fingerprint density at radius 3 is 2.47 bits per heavy atom. The van der Waals surface area contributed by atoms with Crippen LogP contribution in [0.3, 0.4) is 0 Å². The molecule has 0 aliphatic carbocycles. The standard InChI is InChI=1S/C23H22N4O2S/c1-14-9-11-16(12-10-14)20-18(13-27(26-20)17-7-5-4-6-8-17)21-19(22(28)29-3)15(2)24-23(30)25-21/h4-13,21H,1-3H3,(H2,24,25,30). The van der Waals surface area contributed by atoms with E-state index in [0.717, 1.165) is 28.1 Å². The van der Waals surface area contributed by atoms with Gasteiger partial charge in [-0.05, 0) is 38.2 Å². The summed E-state index contributed by atoms with van der Waals surface area (Å²) >= 11 is 5.38. The molecule has 1 aliphatic heterocycles. The van der Waals surface area contributed by atoms with Crippen LogP contribution >= 0.6 is 12.2 Å². The number of nitrogens with one attached hydrogen (secondary N) is 2. The van der Waals surface area contributed by atoms with Crippen LogP contribution in [0.1, 0.15) is 24.1 Å². The summed E-state index contributed by atoms with van der Waals surface area (Å²) in [5.74, 6) is -0.415. The maximum atomic E-state index is 12.6. The first-order valence-corrected chi connectivity index (χ1v) is 9.97. The van der Waals surface area contributed by atoms with Gasteiger partial charge in [-0.3, -0.25) is 0 Å². The minimum Gasteiger partial charge on any atom is -0.466 e. The summed E-state index contributed by atoms with van der Waals surface area (Å²) in [6.07, 6.45) is 1.94. The lowest BCUT2D eigenvalue weighted by Gasteiger charge is -2.29. The van der Waals surface area contributed by atoms with Gasteiger partial charge in [0.25, 0.3) is 0 Å². The Morgan fingerprint density at radius 2 is 1.80 bits per heavy atom. The third-order valence-electron chi connectivity index (χ3n) is 5.07. The molecular weight excluding hydrogens is 396 g/mol. The second-order valence-corrected chi connectivity index (χ2v) is 7.55. The fourth-order valence-electron chi connectivity index (χ4n) is 3.55. The molecule has 2 N–H and O–H groups in total. The maximum absolute atomic E-state index is 12.6. The fourth-order valence-corrected chi connectivity index (χ4v) is 3.83. The van der Waals surface area contributed by atoms with Crippen molar-refractivity contribution in [2.24, 2.45) is 0 Å². The Balaban J connectivity index is 1.92. The average molecular weight is 419 g/mol. The van der Waals surface area contributed by atoms with Gasteiger partial charge < -0.3 is 15.4 Å². The molecule has 1 aromatic heterocycles. The zero-order valence-electron chi connectivity index (χ0n) is 17.0.